The molecule has 3 aliphatic carbocycles. The van der Waals surface area contributed by atoms with Gasteiger partial charge in [0.25, 0.3) is 0 Å². The molecule has 4 nitrogen and oxygen atoms in total. The standard InChI is InChI=1S/C16H14BrFN2O2/c1-2-16-6-8(7-16)11-5-9(18)3-4-10(11)12-13(16)20(17)14(19-12)15(21)22/h3-5,8H,2,6-7H2,1H3,(H,21,22). The molecule has 2 bridgehead atoms. The van der Waals surface area contributed by atoms with E-state index >= 15 is 0 Å². The third kappa shape index (κ3) is 1.61. The zero-order chi connectivity index (χ0) is 15.6. The van der Waals surface area contributed by atoms with Crippen molar-refractivity contribution >= 4 is 22.1 Å². The molecule has 1 heterocycles. The maximum Gasteiger partial charge on any atom is 0.373 e. The van der Waals surface area contributed by atoms with Gasteiger partial charge in [0.15, 0.2) is 0 Å². The van der Waals surface area contributed by atoms with E-state index in [0.29, 0.717) is 11.6 Å². The summed E-state index contributed by atoms with van der Waals surface area (Å²) in [5.41, 5.74) is 3.31. The molecule has 1 aromatic heterocycles. The van der Waals surface area contributed by atoms with Crippen molar-refractivity contribution in [3.63, 3.8) is 0 Å². The van der Waals surface area contributed by atoms with Gasteiger partial charge in [-0.2, -0.15) is 0 Å². The normalized spacial score (nSPS) is 25.0. The summed E-state index contributed by atoms with van der Waals surface area (Å²) in [6.45, 7) is 2.11. The number of hydrogen-bond donors (Lipinski definition) is 1. The smallest absolute Gasteiger partial charge is 0.373 e. The van der Waals surface area contributed by atoms with E-state index in [1.54, 1.807) is 12.1 Å². The molecule has 1 N–H and O–H groups in total. The predicted octanol–water partition coefficient (Wildman–Crippen LogP) is 4.08. The molecule has 0 unspecified atom stereocenters. The first-order valence-corrected chi connectivity index (χ1v) is 8.00. The molecule has 3 aliphatic rings. The molecule has 0 aliphatic heterocycles. The molecule has 114 valence electrons. The van der Waals surface area contributed by atoms with Crippen LogP contribution < -0.4 is 0 Å². The van der Waals surface area contributed by atoms with Gasteiger partial charge in [-0.05, 0) is 48.9 Å². The van der Waals surface area contributed by atoms with Crippen LogP contribution in [0.3, 0.4) is 0 Å². The van der Waals surface area contributed by atoms with E-state index in [-0.39, 0.29) is 17.1 Å². The molecular formula is C16H14BrFN2O2. The Hall–Kier alpha value is -1.69. The second kappa shape index (κ2) is 4.41. The number of halogens is 2. The highest BCUT2D eigenvalue weighted by atomic mass is 79.9. The maximum atomic E-state index is 13.7. The Morgan fingerprint density at radius 2 is 2.27 bits per heavy atom. The third-order valence-corrected chi connectivity index (χ3v) is 5.87. The average Bonchev–Trinajstić information content (AvgIpc) is 2.67. The molecule has 0 radical (unpaired) electrons. The van der Waals surface area contributed by atoms with Gasteiger partial charge in [0.2, 0.25) is 5.82 Å². The lowest BCUT2D eigenvalue weighted by Crippen LogP contribution is -2.39. The molecule has 0 atom stereocenters. The number of imidazole rings is 1. The Balaban J connectivity index is 2.06. The summed E-state index contributed by atoms with van der Waals surface area (Å²) in [7, 11) is 0. The summed E-state index contributed by atoms with van der Waals surface area (Å²) >= 11 is 3.38. The van der Waals surface area contributed by atoms with Crippen molar-refractivity contribution in [1.82, 2.24) is 8.58 Å². The predicted molar refractivity (Wildman–Crippen MR) is 82.8 cm³/mol. The summed E-state index contributed by atoms with van der Waals surface area (Å²) in [6, 6.07) is 4.71. The van der Waals surface area contributed by atoms with E-state index in [2.05, 4.69) is 28.1 Å². The Morgan fingerprint density at radius 3 is 2.91 bits per heavy atom. The van der Waals surface area contributed by atoms with Crippen molar-refractivity contribution in [3.8, 4) is 11.3 Å². The van der Waals surface area contributed by atoms with Crippen molar-refractivity contribution in [1.29, 1.82) is 0 Å². The Morgan fingerprint density at radius 1 is 1.55 bits per heavy atom. The van der Waals surface area contributed by atoms with Gasteiger partial charge in [0.1, 0.15) is 5.82 Å². The first-order chi connectivity index (χ1) is 10.5. The lowest BCUT2D eigenvalue weighted by molar-refractivity contribution is 0.0682. The van der Waals surface area contributed by atoms with Crippen LogP contribution in [-0.4, -0.2) is 19.7 Å². The molecule has 0 saturated heterocycles. The van der Waals surface area contributed by atoms with Crippen LogP contribution in [0.15, 0.2) is 18.2 Å². The summed E-state index contributed by atoms with van der Waals surface area (Å²) in [5.74, 6) is -1.04. The number of carboxylic acids is 1. The van der Waals surface area contributed by atoms with Gasteiger partial charge in [-0.15, -0.1) is 0 Å². The summed E-state index contributed by atoms with van der Waals surface area (Å²) in [6.07, 6.45) is 2.72. The molecule has 1 fully saturated rings. The fraction of sp³-hybridized carbons (Fsp3) is 0.375. The van der Waals surface area contributed by atoms with Crippen LogP contribution in [-0.2, 0) is 5.41 Å². The van der Waals surface area contributed by atoms with Crippen LogP contribution >= 0.6 is 16.1 Å². The SMILES string of the molecule is CCC12CC(C1)c1cc(F)ccc1-c1nc(C(=O)O)n(Br)c12. The van der Waals surface area contributed by atoms with E-state index in [0.717, 1.165) is 36.1 Å². The second-order valence-corrected chi connectivity index (χ2v) is 6.90. The molecule has 0 spiro atoms. The summed E-state index contributed by atoms with van der Waals surface area (Å²) < 4.78 is 15.2. The van der Waals surface area contributed by atoms with E-state index < -0.39 is 5.97 Å². The number of rotatable bonds is 2. The van der Waals surface area contributed by atoms with Gasteiger partial charge in [-0.3, -0.25) is 3.59 Å². The number of aromatic carboxylic acids is 1. The van der Waals surface area contributed by atoms with Crippen LogP contribution in [0.4, 0.5) is 4.39 Å². The van der Waals surface area contributed by atoms with Crippen LogP contribution in [0, 0.1) is 5.82 Å². The molecule has 6 heteroatoms. The largest absolute Gasteiger partial charge is 0.475 e. The highest BCUT2D eigenvalue weighted by Crippen LogP contribution is 2.61. The van der Waals surface area contributed by atoms with Gasteiger partial charge in [-0.1, -0.05) is 6.92 Å². The number of aromatic nitrogens is 2. The minimum Gasteiger partial charge on any atom is -0.475 e. The van der Waals surface area contributed by atoms with E-state index in [1.165, 1.54) is 9.66 Å². The fourth-order valence-electron chi connectivity index (χ4n) is 4.02. The van der Waals surface area contributed by atoms with E-state index in [4.69, 9.17) is 0 Å². The number of hydrogen-bond acceptors (Lipinski definition) is 2. The van der Waals surface area contributed by atoms with Crippen molar-refractivity contribution in [2.45, 2.75) is 37.5 Å². The Kier molecular flexibility index (Phi) is 2.79. The van der Waals surface area contributed by atoms with Gasteiger partial charge < -0.3 is 5.11 Å². The number of carboxylic acid groups (broad SMARTS) is 1. The van der Waals surface area contributed by atoms with Crippen LogP contribution in [0.1, 0.15) is 54.0 Å². The van der Waals surface area contributed by atoms with Gasteiger partial charge in [-0.25, -0.2) is 14.2 Å². The third-order valence-electron chi connectivity index (χ3n) is 5.18. The Labute approximate surface area is 135 Å². The average molecular weight is 365 g/mol. The number of nitrogens with zero attached hydrogens (tertiary/aromatic N) is 2. The first kappa shape index (κ1) is 13.9. The van der Waals surface area contributed by atoms with Crippen LogP contribution in [0.2, 0.25) is 0 Å². The van der Waals surface area contributed by atoms with Gasteiger partial charge in [0, 0.05) is 11.0 Å². The molecule has 5 rings (SSSR count). The highest BCUT2D eigenvalue weighted by molar-refractivity contribution is 9.08. The Bertz CT molecular complexity index is 809. The second-order valence-electron chi connectivity index (χ2n) is 6.19. The number of carbonyl (C=O) groups is 1. The fourth-order valence-corrected chi connectivity index (χ4v) is 4.80. The van der Waals surface area contributed by atoms with E-state index in [9.17, 15) is 14.3 Å². The van der Waals surface area contributed by atoms with Crippen LogP contribution in [0.5, 0.6) is 0 Å². The minimum atomic E-state index is -1.07. The van der Waals surface area contributed by atoms with Gasteiger partial charge >= 0.3 is 5.97 Å². The zero-order valence-corrected chi connectivity index (χ0v) is 13.5. The molecule has 1 saturated carbocycles. The number of benzene rings is 1. The highest BCUT2D eigenvalue weighted by Gasteiger charge is 2.52. The van der Waals surface area contributed by atoms with Crippen molar-refractivity contribution in [2.24, 2.45) is 0 Å². The molecule has 22 heavy (non-hydrogen) atoms. The maximum absolute atomic E-state index is 13.7. The lowest BCUT2D eigenvalue weighted by atomic mass is 9.58. The summed E-state index contributed by atoms with van der Waals surface area (Å²) in [4.78, 5) is 15.8. The van der Waals surface area contributed by atoms with E-state index in [1.807, 2.05) is 0 Å². The monoisotopic (exact) mass is 364 g/mol. The first-order valence-electron chi connectivity index (χ1n) is 7.29. The molecule has 2 aromatic rings. The van der Waals surface area contributed by atoms with Crippen molar-refractivity contribution in [2.75, 3.05) is 0 Å². The minimum absolute atomic E-state index is 0.0292. The quantitative estimate of drug-likeness (QED) is 0.873. The molecule has 1 aromatic carbocycles. The van der Waals surface area contributed by atoms with Crippen LogP contribution in [0.25, 0.3) is 11.3 Å². The van der Waals surface area contributed by atoms with Gasteiger partial charge in [0.05, 0.1) is 27.5 Å². The summed E-state index contributed by atoms with van der Waals surface area (Å²) in [5, 5.41) is 9.36. The van der Waals surface area contributed by atoms with Crippen molar-refractivity contribution < 1.29 is 14.3 Å². The zero-order valence-electron chi connectivity index (χ0n) is 11.9. The van der Waals surface area contributed by atoms with Crippen molar-refractivity contribution in [3.05, 3.63) is 41.1 Å². The topological polar surface area (TPSA) is 55.1 Å². The lowest BCUT2D eigenvalue weighted by Gasteiger charge is -2.46. The molecular weight excluding hydrogens is 351 g/mol. The molecule has 0 amide bonds.